The van der Waals surface area contributed by atoms with Crippen LogP contribution in [-0.4, -0.2) is 62.6 Å². The van der Waals surface area contributed by atoms with Gasteiger partial charge in [-0.2, -0.15) is 0 Å². The van der Waals surface area contributed by atoms with Gasteiger partial charge in [-0.15, -0.1) is 0 Å². The van der Waals surface area contributed by atoms with Crippen molar-refractivity contribution in [1.82, 2.24) is 20.6 Å². The van der Waals surface area contributed by atoms with E-state index in [-0.39, 0.29) is 44.6 Å². The molecule has 0 spiro atoms. The molecule has 0 fully saturated rings. The third-order valence-electron chi connectivity index (χ3n) is 5.09. The van der Waals surface area contributed by atoms with Crippen LogP contribution in [0.25, 0.3) is 11.4 Å². The van der Waals surface area contributed by atoms with Crippen molar-refractivity contribution in [1.29, 1.82) is 0 Å². The number of benzene rings is 1. The van der Waals surface area contributed by atoms with Crippen molar-refractivity contribution in [2.75, 3.05) is 6.54 Å². The Hall–Kier alpha value is -3.86. The smallest absolute Gasteiger partial charge is 0.303 e. The van der Waals surface area contributed by atoms with Crippen molar-refractivity contribution in [2.24, 2.45) is 5.73 Å². The maximum atomic E-state index is 12.5. The van der Waals surface area contributed by atoms with E-state index in [0.29, 0.717) is 12.2 Å². The first kappa shape index (κ1) is 26.4. The second kappa shape index (κ2) is 13.6. The normalized spacial score (nSPS) is 12.5. The Morgan fingerprint density at radius 3 is 2.12 bits per heavy atom. The van der Waals surface area contributed by atoms with Crippen molar-refractivity contribution in [2.45, 2.75) is 50.6 Å². The van der Waals surface area contributed by atoms with E-state index in [2.05, 4.69) is 20.6 Å². The Kier molecular flexibility index (Phi) is 10.6. The summed E-state index contributed by atoms with van der Waals surface area (Å²) >= 11 is 0. The van der Waals surface area contributed by atoms with Gasteiger partial charge >= 0.3 is 11.9 Å². The first-order valence-corrected chi connectivity index (χ1v) is 10.9. The number of nitrogens with two attached hydrogens (primary N) is 1. The van der Waals surface area contributed by atoms with Gasteiger partial charge in [-0.1, -0.05) is 24.3 Å². The van der Waals surface area contributed by atoms with Gasteiger partial charge in [0, 0.05) is 49.8 Å². The highest BCUT2D eigenvalue weighted by Crippen LogP contribution is 2.15. The summed E-state index contributed by atoms with van der Waals surface area (Å²) in [6, 6.07) is 7.82. The molecule has 2 aromatic rings. The molecule has 2 amide bonds. The highest BCUT2D eigenvalue weighted by atomic mass is 16.4. The van der Waals surface area contributed by atoms with Gasteiger partial charge in [-0.05, 0) is 30.9 Å². The Balaban J connectivity index is 1.89. The summed E-state index contributed by atoms with van der Waals surface area (Å²) in [6.07, 6.45) is 3.70. The molecule has 11 heteroatoms. The molecule has 0 aliphatic heterocycles. The molecule has 2 atom stereocenters. The molecule has 0 aliphatic carbocycles. The molecule has 6 N–H and O–H groups in total. The predicted octanol–water partition coefficient (Wildman–Crippen LogP) is 0.734. The van der Waals surface area contributed by atoms with Crippen molar-refractivity contribution >= 4 is 23.8 Å². The number of hydrogen-bond donors (Lipinski definition) is 5. The molecule has 0 unspecified atom stereocenters. The number of carbonyl (C=O) groups is 4. The molecular formula is C23H29N5O6. The zero-order valence-corrected chi connectivity index (χ0v) is 18.6. The number of nitrogens with zero attached hydrogens (tertiary/aromatic N) is 2. The number of amides is 2. The lowest BCUT2D eigenvalue weighted by Gasteiger charge is -2.22. The van der Waals surface area contributed by atoms with E-state index in [1.807, 2.05) is 24.3 Å². The fourth-order valence-corrected chi connectivity index (χ4v) is 3.25. The molecule has 0 aliphatic rings. The van der Waals surface area contributed by atoms with Gasteiger partial charge in [0.2, 0.25) is 11.8 Å². The Labute approximate surface area is 196 Å². The number of carboxylic acids is 2. The second-order valence-electron chi connectivity index (χ2n) is 7.76. The van der Waals surface area contributed by atoms with E-state index < -0.39 is 29.9 Å². The Morgan fingerprint density at radius 1 is 0.912 bits per heavy atom. The average Bonchev–Trinajstić information content (AvgIpc) is 2.81. The molecule has 0 bridgehead atoms. The number of nitrogens with one attached hydrogen (secondary N) is 2. The summed E-state index contributed by atoms with van der Waals surface area (Å²) in [5.74, 6) is -2.45. The molecule has 0 radical (unpaired) electrons. The lowest BCUT2D eigenvalue weighted by Crippen LogP contribution is -2.49. The van der Waals surface area contributed by atoms with E-state index in [9.17, 15) is 19.2 Å². The van der Waals surface area contributed by atoms with Crippen LogP contribution < -0.4 is 16.4 Å². The fourth-order valence-electron chi connectivity index (χ4n) is 3.25. The molecule has 34 heavy (non-hydrogen) atoms. The molecule has 2 rings (SSSR count). The third-order valence-corrected chi connectivity index (χ3v) is 5.09. The lowest BCUT2D eigenvalue weighted by molar-refractivity contribution is -0.138. The number of rotatable bonds is 15. The Morgan fingerprint density at radius 2 is 1.53 bits per heavy atom. The van der Waals surface area contributed by atoms with Gasteiger partial charge in [0.1, 0.15) is 0 Å². The number of primary amides is 1. The van der Waals surface area contributed by atoms with Crippen molar-refractivity contribution in [3.05, 3.63) is 48.3 Å². The van der Waals surface area contributed by atoms with Crippen LogP contribution in [0.4, 0.5) is 0 Å². The number of hydrogen-bond acceptors (Lipinski definition) is 7. The standard InChI is InChI=1S/C23H29N5O6/c24-22(34)18(8-11-21(32)33)27-14-17(7-10-20(30)31)28-19(29)9-4-15-2-5-16(6-3-15)23-25-12-1-13-26-23/h1-3,5-6,12-13,17-18,27H,4,7-11,14H2,(H2,24,34)(H,28,29)(H,30,31)(H,32,33)/t17-,18-/m0/s1. The van der Waals surface area contributed by atoms with Crippen LogP contribution in [0.1, 0.15) is 37.7 Å². The van der Waals surface area contributed by atoms with Crippen molar-refractivity contribution < 1.29 is 29.4 Å². The second-order valence-corrected chi connectivity index (χ2v) is 7.76. The quantitative estimate of drug-likeness (QED) is 0.250. The molecule has 1 aromatic carbocycles. The largest absolute Gasteiger partial charge is 0.481 e. The lowest BCUT2D eigenvalue weighted by atomic mass is 10.1. The van der Waals surface area contributed by atoms with Crippen LogP contribution in [0.5, 0.6) is 0 Å². The molecule has 11 nitrogen and oxygen atoms in total. The minimum absolute atomic E-state index is 0.00567. The van der Waals surface area contributed by atoms with Gasteiger partial charge in [-0.25, -0.2) is 9.97 Å². The van der Waals surface area contributed by atoms with E-state index >= 15 is 0 Å². The van der Waals surface area contributed by atoms with E-state index in [0.717, 1.165) is 11.1 Å². The van der Waals surface area contributed by atoms with Crippen LogP contribution >= 0.6 is 0 Å². The minimum Gasteiger partial charge on any atom is -0.481 e. The van der Waals surface area contributed by atoms with Gasteiger partial charge in [0.15, 0.2) is 5.82 Å². The van der Waals surface area contributed by atoms with Crippen molar-refractivity contribution in [3.8, 4) is 11.4 Å². The number of aryl methyl sites for hydroxylation is 1. The molecule has 0 saturated heterocycles. The van der Waals surface area contributed by atoms with Crippen LogP contribution in [0.2, 0.25) is 0 Å². The number of carboxylic acid groups (broad SMARTS) is 2. The van der Waals surface area contributed by atoms with Crippen LogP contribution in [0.3, 0.4) is 0 Å². The maximum Gasteiger partial charge on any atom is 0.303 e. The average molecular weight is 472 g/mol. The van der Waals surface area contributed by atoms with Gasteiger partial charge in [0.25, 0.3) is 0 Å². The van der Waals surface area contributed by atoms with Gasteiger partial charge in [-0.3, -0.25) is 19.2 Å². The zero-order chi connectivity index (χ0) is 24.9. The fraction of sp³-hybridized carbons (Fsp3) is 0.391. The zero-order valence-electron chi connectivity index (χ0n) is 18.6. The molecular weight excluding hydrogens is 442 g/mol. The summed E-state index contributed by atoms with van der Waals surface area (Å²) in [6.45, 7) is 0.0814. The van der Waals surface area contributed by atoms with E-state index in [1.54, 1.807) is 18.5 Å². The number of aliphatic carboxylic acids is 2. The van der Waals surface area contributed by atoms with Crippen LogP contribution in [0, 0.1) is 0 Å². The highest BCUT2D eigenvalue weighted by Gasteiger charge is 2.20. The molecule has 1 heterocycles. The summed E-state index contributed by atoms with van der Waals surface area (Å²) in [5.41, 5.74) is 7.11. The first-order chi connectivity index (χ1) is 16.2. The van der Waals surface area contributed by atoms with E-state index in [4.69, 9.17) is 15.9 Å². The monoisotopic (exact) mass is 471 g/mol. The summed E-state index contributed by atoms with van der Waals surface area (Å²) < 4.78 is 0. The summed E-state index contributed by atoms with van der Waals surface area (Å²) in [5, 5.41) is 23.4. The molecule has 182 valence electrons. The topological polar surface area (TPSA) is 185 Å². The van der Waals surface area contributed by atoms with E-state index in [1.165, 1.54) is 0 Å². The van der Waals surface area contributed by atoms with Crippen molar-refractivity contribution in [3.63, 3.8) is 0 Å². The Bertz CT molecular complexity index is 968. The maximum absolute atomic E-state index is 12.5. The number of carbonyl (C=O) groups excluding carboxylic acids is 2. The van der Waals surface area contributed by atoms with Gasteiger partial charge < -0.3 is 26.6 Å². The van der Waals surface area contributed by atoms with Crippen LogP contribution in [-0.2, 0) is 25.6 Å². The highest BCUT2D eigenvalue weighted by molar-refractivity contribution is 5.80. The SMILES string of the molecule is NC(=O)[C@H](CCC(=O)O)NC[C@H](CCC(=O)O)NC(=O)CCc1ccc(-c2ncccn2)cc1. The summed E-state index contributed by atoms with van der Waals surface area (Å²) in [4.78, 5) is 54.2. The molecule has 0 saturated carbocycles. The predicted molar refractivity (Wildman–Crippen MR) is 122 cm³/mol. The first-order valence-electron chi connectivity index (χ1n) is 10.9. The molecule has 1 aromatic heterocycles. The summed E-state index contributed by atoms with van der Waals surface area (Å²) in [7, 11) is 0. The minimum atomic E-state index is -1.06. The third kappa shape index (κ3) is 9.74. The van der Waals surface area contributed by atoms with Gasteiger partial charge in [0.05, 0.1) is 6.04 Å². The number of aromatic nitrogens is 2. The van der Waals surface area contributed by atoms with Crippen LogP contribution in [0.15, 0.2) is 42.7 Å².